The van der Waals surface area contributed by atoms with Crippen LogP contribution < -0.4 is 5.32 Å². The van der Waals surface area contributed by atoms with Crippen LogP contribution in [-0.2, 0) is 11.3 Å². The Labute approximate surface area is 124 Å². The molecule has 20 heavy (non-hydrogen) atoms. The predicted molar refractivity (Wildman–Crippen MR) is 79.1 cm³/mol. The number of ether oxygens (including phenoxy) is 1. The summed E-state index contributed by atoms with van der Waals surface area (Å²) in [5.74, 6) is -0.427. The van der Waals surface area contributed by atoms with Gasteiger partial charge in [0.25, 0.3) is 0 Å². The van der Waals surface area contributed by atoms with E-state index in [-0.39, 0.29) is 6.61 Å². The van der Waals surface area contributed by atoms with Crippen molar-refractivity contribution < 1.29 is 13.9 Å². The van der Waals surface area contributed by atoms with E-state index in [0.29, 0.717) is 15.7 Å². The number of hydrogen-bond acceptors (Lipinski definition) is 2. The summed E-state index contributed by atoms with van der Waals surface area (Å²) in [6.45, 7) is 1.91. The van der Waals surface area contributed by atoms with Crippen LogP contribution >= 0.6 is 15.9 Å². The number of carbonyl (C=O) groups is 1. The first-order valence-corrected chi connectivity index (χ1v) is 6.79. The molecule has 3 nitrogen and oxygen atoms in total. The predicted octanol–water partition coefficient (Wildman–Crippen LogP) is 4.65. The van der Waals surface area contributed by atoms with Crippen molar-refractivity contribution in [2.24, 2.45) is 0 Å². The van der Waals surface area contributed by atoms with Crippen LogP contribution in [-0.4, -0.2) is 6.09 Å². The second-order valence-corrected chi connectivity index (χ2v) is 5.07. The number of nitrogens with one attached hydrogen (secondary N) is 1. The summed E-state index contributed by atoms with van der Waals surface area (Å²) in [6, 6.07) is 12.2. The van der Waals surface area contributed by atoms with Crippen molar-refractivity contribution in [2.75, 3.05) is 5.32 Å². The standard InChI is InChI=1S/C15H13BrFNO2/c1-10-7-12(8-13(17)14(10)16)18-15(19)20-9-11-5-3-2-4-6-11/h2-8H,9H2,1H3,(H,18,19). The minimum absolute atomic E-state index is 0.171. The molecule has 5 heteroatoms. The Balaban J connectivity index is 1.95. The van der Waals surface area contributed by atoms with E-state index in [1.807, 2.05) is 30.3 Å². The molecule has 0 aliphatic rings. The lowest BCUT2D eigenvalue weighted by Gasteiger charge is -2.09. The van der Waals surface area contributed by atoms with Gasteiger partial charge < -0.3 is 4.74 Å². The van der Waals surface area contributed by atoms with E-state index in [9.17, 15) is 9.18 Å². The highest BCUT2D eigenvalue weighted by atomic mass is 79.9. The van der Waals surface area contributed by atoms with Gasteiger partial charge in [-0.1, -0.05) is 30.3 Å². The zero-order valence-electron chi connectivity index (χ0n) is 10.8. The van der Waals surface area contributed by atoms with E-state index in [1.165, 1.54) is 6.07 Å². The molecule has 0 aliphatic heterocycles. The van der Waals surface area contributed by atoms with Crippen molar-refractivity contribution in [3.8, 4) is 0 Å². The maximum atomic E-state index is 13.5. The summed E-state index contributed by atoms with van der Waals surface area (Å²) in [4.78, 5) is 11.6. The molecular formula is C15H13BrFNO2. The lowest BCUT2D eigenvalue weighted by molar-refractivity contribution is 0.155. The number of halogens is 2. The summed E-state index contributed by atoms with van der Waals surface area (Å²) in [7, 11) is 0. The van der Waals surface area contributed by atoms with E-state index in [0.717, 1.165) is 5.56 Å². The Bertz CT molecular complexity index is 594. The summed E-state index contributed by atoms with van der Waals surface area (Å²) >= 11 is 3.12. The van der Waals surface area contributed by atoms with Crippen LogP contribution in [0, 0.1) is 12.7 Å². The number of carbonyl (C=O) groups excluding carboxylic acids is 1. The van der Waals surface area contributed by atoms with Crippen LogP contribution in [0.5, 0.6) is 0 Å². The molecule has 1 amide bonds. The highest BCUT2D eigenvalue weighted by molar-refractivity contribution is 9.10. The molecule has 0 heterocycles. The van der Waals surface area contributed by atoms with Crippen molar-refractivity contribution >= 4 is 27.7 Å². The van der Waals surface area contributed by atoms with Gasteiger partial charge in [-0.2, -0.15) is 0 Å². The molecule has 0 aromatic heterocycles. The van der Waals surface area contributed by atoms with Gasteiger partial charge in [0.1, 0.15) is 12.4 Å². The lowest BCUT2D eigenvalue weighted by atomic mass is 10.2. The molecule has 0 saturated heterocycles. The van der Waals surface area contributed by atoms with Crippen LogP contribution in [0.1, 0.15) is 11.1 Å². The van der Waals surface area contributed by atoms with Crippen LogP contribution in [0.15, 0.2) is 46.9 Å². The summed E-state index contributed by atoms with van der Waals surface area (Å²) in [5.41, 5.74) is 1.95. The molecule has 0 aliphatic carbocycles. The average molecular weight is 338 g/mol. The SMILES string of the molecule is Cc1cc(NC(=O)OCc2ccccc2)cc(F)c1Br. The third-order valence-corrected chi connectivity index (χ3v) is 3.67. The summed E-state index contributed by atoms with van der Waals surface area (Å²) in [5, 5.41) is 2.50. The maximum Gasteiger partial charge on any atom is 0.411 e. The van der Waals surface area contributed by atoms with Crippen molar-refractivity contribution in [3.63, 3.8) is 0 Å². The Hall–Kier alpha value is -1.88. The van der Waals surface area contributed by atoms with Crippen molar-refractivity contribution in [2.45, 2.75) is 13.5 Å². The van der Waals surface area contributed by atoms with Gasteiger partial charge in [-0.3, -0.25) is 5.32 Å². The Morgan fingerprint density at radius 1 is 1.30 bits per heavy atom. The van der Waals surface area contributed by atoms with Gasteiger partial charge in [0, 0.05) is 5.69 Å². The monoisotopic (exact) mass is 337 g/mol. The van der Waals surface area contributed by atoms with E-state index in [2.05, 4.69) is 21.2 Å². The second-order valence-electron chi connectivity index (χ2n) is 4.28. The van der Waals surface area contributed by atoms with Crippen LogP contribution in [0.4, 0.5) is 14.9 Å². The maximum absolute atomic E-state index is 13.5. The number of anilines is 1. The molecule has 0 spiro atoms. The molecule has 2 aromatic rings. The van der Waals surface area contributed by atoms with Crippen LogP contribution in [0.3, 0.4) is 0 Å². The van der Waals surface area contributed by atoms with Gasteiger partial charge in [0.05, 0.1) is 4.47 Å². The second kappa shape index (κ2) is 6.52. The number of amides is 1. The highest BCUT2D eigenvalue weighted by Crippen LogP contribution is 2.24. The molecule has 0 atom stereocenters. The van der Waals surface area contributed by atoms with Gasteiger partial charge >= 0.3 is 6.09 Å². The molecule has 0 radical (unpaired) electrons. The Morgan fingerprint density at radius 3 is 2.65 bits per heavy atom. The Kier molecular flexibility index (Phi) is 4.74. The smallest absolute Gasteiger partial charge is 0.411 e. The van der Waals surface area contributed by atoms with Gasteiger partial charge in [-0.25, -0.2) is 9.18 Å². The molecular weight excluding hydrogens is 325 g/mol. The fraction of sp³-hybridized carbons (Fsp3) is 0.133. The van der Waals surface area contributed by atoms with E-state index < -0.39 is 11.9 Å². The molecule has 0 unspecified atom stereocenters. The number of aryl methyl sites for hydroxylation is 1. The molecule has 2 aromatic carbocycles. The number of benzene rings is 2. The largest absolute Gasteiger partial charge is 0.444 e. The van der Waals surface area contributed by atoms with Crippen LogP contribution in [0.25, 0.3) is 0 Å². The van der Waals surface area contributed by atoms with Crippen molar-refractivity contribution in [1.82, 2.24) is 0 Å². The topological polar surface area (TPSA) is 38.3 Å². The fourth-order valence-electron chi connectivity index (χ4n) is 1.68. The van der Waals surface area contributed by atoms with E-state index in [4.69, 9.17) is 4.74 Å². The van der Waals surface area contributed by atoms with Crippen molar-refractivity contribution in [3.05, 3.63) is 63.9 Å². The number of hydrogen-bond donors (Lipinski definition) is 1. The quantitative estimate of drug-likeness (QED) is 0.885. The van der Waals surface area contributed by atoms with Gasteiger partial charge in [0.2, 0.25) is 0 Å². The third-order valence-electron chi connectivity index (χ3n) is 2.67. The zero-order chi connectivity index (χ0) is 14.5. The summed E-state index contributed by atoms with van der Waals surface area (Å²) < 4.78 is 18.9. The average Bonchev–Trinajstić information content (AvgIpc) is 2.43. The fourth-order valence-corrected chi connectivity index (χ4v) is 1.90. The first kappa shape index (κ1) is 14.5. The van der Waals surface area contributed by atoms with E-state index in [1.54, 1.807) is 13.0 Å². The third kappa shape index (κ3) is 3.81. The lowest BCUT2D eigenvalue weighted by Crippen LogP contribution is -2.13. The normalized spacial score (nSPS) is 10.2. The molecule has 0 bridgehead atoms. The first-order valence-electron chi connectivity index (χ1n) is 5.99. The number of rotatable bonds is 3. The minimum Gasteiger partial charge on any atom is -0.444 e. The highest BCUT2D eigenvalue weighted by Gasteiger charge is 2.08. The van der Waals surface area contributed by atoms with Gasteiger partial charge in [-0.05, 0) is 46.1 Å². The molecule has 0 fully saturated rings. The Morgan fingerprint density at radius 2 is 2.00 bits per heavy atom. The van der Waals surface area contributed by atoms with Gasteiger partial charge in [0.15, 0.2) is 0 Å². The van der Waals surface area contributed by atoms with Crippen LogP contribution in [0.2, 0.25) is 0 Å². The summed E-state index contributed by atoms with van der Waals surface area (Å²) in [6.07, 6.45) is -0.616. The minimum atomic E-state index is -0.616. The van der Waals surface area contributed by atoms with Gasteiger partial charge in [-0.15, -0.1) is 0 Å². The van der Waals surface area contributed by atoms with Crippen molar-refractivity contribution in [1.29, 1.82) is 0 Å². The molecule has 2 rings (SSSR count). The van der Waals surface area contributed by atoms with E-state index >= 15 is 0 Å². The molecule has 104 valence electrons. The first-order chi connectivity index (χ1) is 9.56. The zero-order valence-corrected chi connectivity index (χ0v) is 12.4. The molecule has 1 N–H and O–H groups in total. The molecule has 0 saturated carbocycles.